The molecule has 3 N–H and O–H groups in total. The first-order valence-corrected chi connectivity index (χ1v) is 5.44. The van der Waals surface area contributed by atoms with Crippen molar-refractivity contribution in [1.29, 1.82) is 0 Å². The molecule has 0 radical (unpaired) electrons. The molecule has 18 heavy (non-hydrogen) atoms. The van der Waals surface area contributed by atoms with Crippen molar-refractivity contribution >= 4 is 11.9 Å². The molecule has 0 aromatic rings. The molecule has 0 saturated carbocycles. The average Bonchev–Trinajstić information content (AvgIpc) is 2.27. The summed E-state index contributed by atoms with van der Waals surface area (Å²) in [6, 6.07) is 0. The minimum atomic E-state index is -0.818. The van der Waals surface area contributed by atoms with Crippen molar-refractivity contribution in [3.63, 3.8) is 0 Å². The maximum absolute atomic E-state index is 9.82. The third-order valence-corrected chi connectivity index (χ3v) is 1.13. The van der Waals surface area contributed by atoms with Crippen LogP contribution in [0.4, 0.5) is 0 Å². The summed E-state index contributed by atoms with van der Waals surface area (Å²) >= 11 is 0. The molecule has 1 atom stereocenters. The summed E-state index contributed by atoms with van der Waals surface area (Å²) in [5.41, 5.74) is 0. The molecule has 0 spiro atoms. The molecule has 0 saturated heterocycles. The average molecular weight is 268 g/mol. The fourth-order valence-corrected chi connectivity index (χ4v) is 0.393. The lowest BCUT2D eigenvalue weighted by molar-refractivity contribution is -0.140. The summed E-state index contributed by atoms with van der Waals surface area (Å²) in [5, 5.41) is 24.0. The SMILES string of the molecule is CC(O)CO.CCOC(C)=O.COCCC(=O)O. The van der Waals surface area contributed by atoms with Crippen LogP contribution in [0.2, 0.25) is 0 Å². The van der Waals surface area contributed by atoms with Crippen molar-refractivity contribution in [2.45, 2.75) is 33.3 Å². The second kappa shape index (κ2) is 18.2. The lowest BCUT2D eigenvalue weighted by atomic mass is 10.5. The standard InChI is InChI=1S/C4H8O3.C4H8O2.C3H8O2/c1-7-3-2-4(5)6;1-3-6-4(2)5;1-3(5)2-4/h2-3H2,1H3,(H,5,6);3H2,1-2H3;3-5H,2H2,1H3. The smallest absolute Gasteiger partial charge is 0.305 e. The molecule has 0 aromatic heterocycles. The Bertz CT molecular complexity index is 192. The topological polar surface area (TPSA) is 113 Å². The van der Waals surface area contributed by atoms with Crippen molar-refractivity contribution in [1.82, 2.24) is 0 Å². The Hall–Kier alpha value is -1.18. The number of carbonyl (C=O) groups excluding carboxylic acids is 1. The Labute approximate surface area is 107 Å². The summed E-state index contributed by atoms with van der Waals surface area (Å²) < 4.78 is 8.87. The number of hydrogen-bond acceptors (Lipinski definition) is 6. The zero-order chi connectivity index (χ0) is 15.0. The summed E-state index contributed by atoms with van der Waals surface area (Å²) in [6.07, 6.45) is -0.466. The van der Waals surface area contributed by atoms with E-state index in [9.17, 15) is 9.59 Å². The molecule has 0 bridgehead atoms. The third-order valence-electron chi connectivity index (χ3n) is 1.13. The van der Waals surface area contributed by atoms with Gasteiger partial charge in [0.05, 0.1) is 32.3 Å². The predicted octanol–water partition coefficient (Wildman–Crippen LogP) is 0.0364. The van der Waals surface area contributed by atoms with Gasteiger partial charge in [-0.2, -0.15) is 0 Å². The monoisotopic (exact) mass is 268 g/mol. The highest BCUT2D eigenvalue weighted by atomic mass is 16.5. The van der Waals surface area contributed by atoms with Gasteiger partial charge in [-0.1, -0.05) is 0 Å². The van der Waals surface area contributed by atoms with Crippen LogP contribution in [-0.4, -0.2) is 60.3 Å². The summed E-state index contributed by atoms with van der Waals surface area (Å²) in [4.78, 5) is 19.5. The highest BCUT2D eigenvalue weighted by Gasteiger charge is 1.91. The number of ether oxygens (including phenoxy) is 2. The van der Waals surface area contributed by atoms with Crippen LogP contribution in [0, 0.1) is 0 Å². The molecular weight excluding hydrogens is 244 g/mol. The van der Waals surface area contributed by atoms with Gasteiger partial charge in [0.2, 0.25) is 0 Å². The van der Waals surface area contributed by atoms with Crippen LogP contribution >= 0.6 is 0 Å². The van der Waals surface area contributed by atoms with Gasteiger partial charge in [-0.3, -0.25) is 9.59 Å². The van der Waals surface area contributed by atoms with E-state index >= 15 is 0 Å². The molecule has 7 nitrogen and oxygen atoms in total. The number of aliphatic hydroxyl groups excluding tert-OH is 2. The first kappa shape index (κ1) is 22.0. The van der Waals surface area contributed by atoms with Crippen molar-refractivity contribution in [3.8, 4) is 0 Å². The fourth-order valence-electron chi connectivity index (χ4n) is 0.393. The van der Waals surface area contributed by atoms with E-state index in [1.165, 1.54) is 21.0 Å². The van der Waals surface area contributed by atoms with Gasteiger partial charge in [-0.05, 0) is 13.8 Å². The second-order valence-corrected chi connectivity index (χ2v) is 3.09. The van der Waals surface area contributed by atoms with Crippen molar-refractivity contribution < 1.29 is 34.4 Å². The van der Waals surface area contributed by atoms with E-state index in [1.807, 2.05) is 0 Å². The van der Waals surface area contributed by atoms with Crippen LogP contribution in [-0.2, 0) is 19.1 Å². The first-order valence-electron chi connectivity index (χ1n) is 5.44. The van der Waals surface area contributed by atoms with Crippen LogP contribution in [0.5, 0.6) is 0 Å². The van der Waals surface area contributed by atoms with Gasteiger partial charge in [0, 0.05) is 14.0 Å². The quantitative estimate of drug-likeness (QED) is 0.603. The molecule has 0 heterocycles. The number of aliphatic hydroxyl groups is 2. The lowest BCUT2D eigenvalue weighted by Crippen LogP contribution is -2.03. The van der Waals surface area contributed by atoms with E-state index in [0.717, 1.165) is 0 Å². The minimum absolute atomic E-state index is 0.0938. The maximum atomic E-state index is 9.82. The second-order valence-electron chi connectivity index (χ2n) is 3.09. The predicted molar refractivity (Wildman–Crippen MR) is 65.2 cm³/mol. The Kier molecular flexibility index (Phi) is 22.3. The Morgan fingerprint density at radius 3 is 1.83 bits per heavy atom. The number of carboxylic acid groups (broad SMARTS) is 1. The van der Waals surface area contributed by atoms with Gasteiger partial charge in [-0.15, -0.1) is 0 Å². The number of carboxylic acids is 1. The molecule has 0 aliphatic rings. The Morgan fingerprint density at radius 1 is 1.33 bits per heavy atom. The van der Waals surface area contributed by atoms with E-state index in [2.05, 4.69) is 9.47 Å². The van der Waals surface area contributed by atoms with Gasteiger partial charge in [0.1, 0.15) is 0 Å². The van der Waals surface area contributed by atoms with Gasteiger partial charge >= 0.3 is 11.9 Å². The fraction of sp³-hybridized carbons (Fsp3) is 0.818. The molecule has 0 aliphatic carbocycles. The van der Waals surface area contributed by atoms with E-state index in [-0.39, 0.29) is 19.0 Å². The highest BCUT2D eigenvalue weighted by molar-refractivity contribution is 5.66. The summed E-state index contributed by atoms with van der Waals surface area (Å²) in [5.74, 6) is -1.03. The maximum Gasteiger partial charge on any atom is 0.305 e. The number of esters is 1. The molecule has 0 aromatic carbocycles. The Morgan fingerprint density at radius 2 is 1.78 bits per heavy atom. The van der Waals surface area contributed by atoms with E-state index < -0.39 is 12.1 Å². The van der Waals surface area contributed by atoms with Gasteiger partial charge in [0.25, 0.3) is 0 Å². The largest absolute Gasteiger partial charge is 0.481 e. The zero-order valence-electron chi connectivity index (χ0n) is 11.4. The molecule has 110 valence electrons. The van der Waals surface area contributed by atoms with E-state index in [1.54, 1.807) is 6.92 Å². The number of hydrogen-bond donors (Lipinski definition) is 3. The van der Waals surface area contributed by atoms with Crippen molar-refractivity contribution in [2.75, 3.05) is 26.9 Å². The number of aliphatic carboxylic acids is 1. The molecule has 0 fully saturated rings. The molecule has 1 unspecified atom stereocenters. The lowest BCUT2D eigenvalue weighted by Gasteiger charge is -1.90. The molecule has 7 heteroatoms. The Balaban J connectivity index is -0.000000190. The zero-order valence-corrected chi connectivity index (χ0v) is 11.4. The van der Waals surface area contributed by atoms with Crippen LogP contribution in [0.25, 0.3) is 0 Å². The number of carbonyl (C=O) groups is 2. The third kappa shape index (κ3) is 46.3. The van der Waals surface area contributed by atoms with Gasteiger partial charge < -0.3 is 24.8 Å². The van der Waals surface area contributed by atoms with Crippen LogP contribution < -0.4 is 0 Å². The minimum Gasteiger partial charge on any atom is -0.481 e. The van der Waals surface area contributed by atoms with Crippen LogP contribution in [0.3, 0.4) is 0 Å². The number of methoxy groups -OCH3 is 1. The normalized spacial score (nSPS) is 10.1. The summed E-state index contributed by atoms with van der Waals surface area (Å²) in [6.45, 7) is 5.34. The van der Waals surface area contributed by atoms with E-state index in [0.29, 0.717) is 13.2 Å². The molecular formula is C11H24O7. The van der Waals surface area contributed by atoms with Gasteiger partial charge in [0.15, 0.2) is 0 Å². The van der Waals surface area contributed by atoms with Gasteiger partial charge in [-0.25, -0.2) is 0 Å². The molecule has 0 amide bonds. The van der Waals surface area contributed by atoms with Crippen LogP contribution in [0.1, 0.15) is 27.2 Å². The van der Waals surface area contributed by atoms with Crippen molar-refractivity contribution in [3.05, 3.63) is 0 Å². The first-order chi connectivity index (χ1) is 8.31. The highest BCUT2D eigenvalue weighted by Crippen LogP contribution is 1.76. The van der Waals surface area contributed by atoms with Crippen molar-refractivity contribution in [2.24, 2.45) is 0 Å². The van der Waals surface area contributed by atoms with Crippen LogP contribution in [0.15, 0.2) is 0 Å². The summed E-state index contributed by atoms with van der Waals surface area (Å²) in [7, 11) is 1.48. The number of rotatable bonds is 5. The molecule has 0 rings (SSSR count). The van der Waals surface area contributed by atoms with E-state index in [4.69, 9.17) is 15.3 Å². The molecule has 0 aliphatic heterocycles.